The van der Waals surface area contributed by atoms with Gasteiger partial charge in [0.15, 0.2) is 18.9 Å². The summed E-state index contributed by atoms with van der Waals surface area (Å²) >= 11 is 0. The van der Waals surface area contributed by atoms with E-state index in [1.165, 1.54) is 7.11 Å². The van der Waals surface area contributed by atoms with Crippen LogP contribution < -0.4 is 0 Å². The highest BCUT2D eigenvalue weighted by Gasteiger charge is 2.66. The second kappa shape index (κ2) is 16.0. The molecule has 8 N–H and O–H groups in total. The molecule has 0 amide bonds. The maximum atomic E-state index is 12.6. The number of aliphatic hydroxyl groups excluding tert-OH is 7. The van der Waals surface area contributed by atoms with E-state index in [0.29, 0.717) is 24.2 Å². The van der Waals surface area contributed by atoms with Gasteiger partial charge in [-0.05, 0) is 94.8 Å². The SMILES string of the molecule is CO[C@H]1[C@@H](O)[C@@H](C)O[C@@H](O[C@H]2CC[C@@]3(C)[C@@H](C=C[C@@H]4[C@@H]3CC[C@@]3(C)[C@H]4CC[C@]3(O)[C@H](C)O[C@H]3C[C@@H](O)[C@H](O[C@@H]4O[C@H](CO)[C@@H](O)[C@H](O)[C@H]4O)[C@@H](C)O3)C2)[C@@H]1O. The first-order valence-electron chi connectivity index (χ1n) is 20.5. The first-order chi connectivity index (χ1) is 26.0. The van der Waals surface area contributed by atoms with Gasteiger partial charge in [0, 0.05) is 18.9 Å². The van der Waals surface area contributed by atoms with Crippen molar-refractivity contribution in [2.24, 2.45) is 34.5 Å². The van der Waals surface area contributed by atoms with E-state index in [-0.39, 0.29) is 23.9 Å². The van der Waals surface area contributed by atoms with Gasteiger partial charge in [-0.2, -0.15) is 0 Å². The zero-order valence-electron chi connectivity index (χ0n) is 33.0. The summed E-state index contributed by atoms with van der Waals surface area (Å²) in [5.41, 5.74) is -1.49. The first-order valence-corrected chi connectivity index (χ1v) is 20.5. The molecule has 0 radical (unpaired) electrons. The molecule has 3 saturated carbocycles. The topological polar surface area (TPSA) is 226 Å². The van der Waals surface area contributed by atoms with Crippen LogP contribution in [0.3, 0.4) is 0 Å². The number of ether oxygens (including phenoxy) is 7. The fraction of sp³-hybridized carbons (Fsp3) is 0.950. The Hall–Kier alpha value is -0.860. The number of allylic oxidation sites excluding steroid dienone is 2. The minimum atomic E-state index is -1.61. The van der Waals surface area contributed by atoms with Gasteiger partial charge in [-0.25, -0.2) is 0 Å². The van der Waals surface area contributed by atoms with Crippen molar-refractivity contribution in [3.05, 3.63) is 12.2 Å². The molecular formula is C40H66O15. The number of methoxy groups -OCH3 is 1. The van der Waals surface area contributed by atoms with Gasteiger partial charge in [0.25, 0.3) is 0 Å². The van der Waals surface area contributed by atoms with Crippen LogP contribution in [0.4, 0.5) is 0 Å². The quantitative estimate of drug-likeness (QED) is 0.149. The average molecular weight is 787 g/mol. The molecule has 7 rings (SSSR count). The van der Waals surface area contributed by atoms with Crippen LogP contribution in [0.5, 0.6) is 0 Å². The number of fused-ring (bicyclic) bond motifs is 5. The van der Waals surface area contributed by atoms with E-state index < -0.39 is 110 Å². The third-order valence-electron chi connectivity index (χ3n) is 15.5. The summed E-state index contributed by atoms with van der Waals surface area (Å²) in [6.45, 7) is 9.36. The maximum Gasteiger partial charge on any atom is 0.187 e. The van der Waals surface area contributed by atoms with Crippen LogP contribution in [0.2, 0.25) is 0 Å². The van der Waals surface area contributed by atoms with Gasteiger partial charge in [0.1, 0.15) is 48.8 Å². The van der Waals surface area contributed by atoms with Crippen molar-refractivity contribution in [2.45, 2.75) is 190 Å². The molecule has 4 aliphatic carbocycles. The zero-order valence-corrected chi connectivity index (χ0v) is 33.0. The fourth-order valence-corrected chi connectivity index (χ4v) is 12.0. The molecule has 3 heterocycles. The molecule has 55 heavy (non-hydrogen) atoms. The number of hydrogen-bond acceptors (Lipinski definition) is 15. The van der Waals surface area contributed by atoms with E-state index in [0.717, 1.165) is 38.5 Å². The maximum absolute atomic E-state index is 12.6. The van der Waals surface area contributed by atoms with Gasteiger partial charge in [0.05, 0.1) is 42.7 Å². The molecule has 7 aliphatic rings. The summed E-state index contributed by atoms with van der Waals surface area (Å²) < 4.78 is 41.6. The van der Waals surface area contributed by atoms with Crippen LogP contribution in [0.25, 0.3) is 0 Å². The normalized spacial score (nSPS) is 56.0. The Balaban J connectivity index is 0.970. The molecule has 6 fully saturated rings. The van der Waals surface area contributed by atoms with Crippen LogP contribution in [0.15, 0.2) is 12.2 Å². The summed E-state index contributed by atoms with van der Waals surface area (Å²) in [4.78, 5) is 0. The molecule has 0 bridgehead atoms. The molecule has 15 heteroatoms. The standard InChI is InChI=1S/C40H66O15/c1-18-29(43)35(49-6)33(47)37(51-18)53-22-9-12-38(4)21(15-22)7-8-23-24(38)10-13-39(5)25(23)11-14-40(39,48)20(3)52-28-16-26(42)34(19(2)50-28)55-36-32(46)31(45)30(44)27(17-41)54-36/h7-8,18-37,41-48H,9-17H2,1-6H3/t18-,19-,20+,21+,22+,23-,24+,25+,26-,27-,28+,29+,30-,31+,32-,33-,34-,35+,36+,37+,38+,39+,40+/m1/s1. The number of aliphatic hydroxyl groups is 8. The van der Waals surface area contributed by atoms with Crippen molar-refractivity contribution < 1.29 is 74.0 Å². The van der Waals surface area contributed by atoms with Crippen molar-refractivity contribution in [3.8, 4) is 0 Å². The van der Waals surface area contributed by atoms with Crippen LogP contribution in [-0.2, 0) is 33.2 Å². The summed E-state index contributed by atoms with van der Waals surface area (Å²) in [6.07, 6.45) is -5.13. The lowest BCUT2D eigenvalue weighted by atomic mass is 9.46. The molecule has 0 aromatic carbocycles. The Bertz CT molecular complexity index is 1340. The first kappa shape index (κ1) is 42.3. The molecule has 3 aliphatic heterocycles. The molecule has 15 nitrogen and oxygen atoms in total. The second-order valence-electron chi connectivity index (χ2n) is 18.3. The van der Waals surface area contributed by atoms with Gasteiger partial charge in [-0.1, -0.05) is 26.0 Å². The highest BCUT2D eigenvalue weighted by Crippen LogP contribution is 2.67. The van der Waals surface area contributed by atoms with Crippen molar-refractivity contribution in [2.75, 3.05) is 13.7 Å². The molecule has 23 atom stereocenters. The van der Waals surface area contributed by atoms with Crippen molar-refractivity contribution in [3.63, 3.8) is 0 Å². The van der Waals surface area contributed by atoms with Crippen molar-refractivity contribution >= 4 is 0 Å². The fourth-order valence-electron chi connectivity index (χ4n) is 12.0. The molecule has 0 aromatic rings. The van der Waals surface area contributed by atoms with E-state index in [2.05, 4.69) is 26.0 Å². The lowest BCUT2D eigenvalue weighted by Crippen LogP contribution is -2.62. The summed E-state index contributed by atoms with van der Waals surface area (Å²) in [6, 6.07) is 0. The van der Waals surface area contributed by atoms with E-state index in [9.17, 15) is 40.9 Å². The van der Waals surface area contributed by atoms with Crippen LogP contribution in [0, 0.1) is 34.5 Å². The number of rotatable bonds is 9. The van der Waals surface area contributed by atoms with Crippen molar-refractivity contribution in [1.82, 2.24) is 0 Å². The summed E-state index contributed by atoms with van der Waals surface area (Å²) in [5, 5.41) is 85.3. The Morgan fingerprint density at radius 1 is 0.745 bits per heavy atom. The van der Waals surface area contributed by atoms with E-state index in [4.69, 9.17) is 33.2 Å². The molecule has 0 spiro atoms. The molecule has 316 valence electrons. The molecule has 0 unspecified atom stereocenters. The van der Waals surface area contributed by atoms with E-state index in [1.54, 1.807) is 13.8 Å². The highest BCUT2D eigenvalue weighted by molar-refractivity contribution is 5.21. The predicted octanol–water partition coefficient (Wildman–Crippen LogP) is 0.489. The van der Waals surface area contributed by atoms with Gasteiger partial charge in [-0.3, -0.25) is 0 Å². The van der Waals surface area contributed by atoms with Crippen LogP contribution >= 0.6 is 0 Å². The Kier molecular flexibility index (Phi) is 12.3. The minimum Gasteiger partial charge on any atom is -0.394 e. The lowest BCUT2D eigenvalue weighted by Gasteiger charge is -2.60. The molecular weight excluding hydrogens is 720 g/mol. The Morgan fingerprint density at radius 3 is 2.15 bits per heavy atom. The number of hydrogen-bond donors (Lipinski definition) is 8. The Labute approximate surface area is 323 Å². The monoisotopic (exact) mass is 786 g/mol. The third kappa shape index (κ3) is 7.18. The predicted molar refractivity (Wildman–Crippen MR) is 193 cm³/mol. The van der Waals surface area contributed by atoms with E-state index in [1.807, 2.05) is 6.92 Å². The smallest absolute Gasteiger partial charge is 0.187 e. The Morgan fingerprint density at radius 2 is 1.45 bits per heavy atom. The van der Waals surface area contributed by atoms with Gasteiger partial charge in [0.2, 0.25) is 0 Å². The van der Waals surface area contributed by atoms with Crippen LogP contribution in [-0.4, -0.2) is 158 Å². The lowest BCUT2D eigenvalue weighted by molar-refractivity contribution is -0.347. The van der Waals surface area contributed by atoms with Crippen molar-refractivity contribution in [1.29, 1.82) is 0 Å². The highest BCUT2D eigenvalue weighted by atomic mass is 16.7. The second-order valence-corrected chi connectivity index (χ2v) is 18.3. The minimum absolute atomic E-state index is 0.0324. The molecule has 0 aromatic heterocycles. The van der Waals surface area contributed by atoms with Gasteiger partial charge in [-0.15, -0.1) is 0 Å². The molecule has 3 saturated heterocycles. The zero-order chi connectivity index (χ0) is 39.8. The summed E-state index contributed by atoms with van der Waals surface area (Å²) in [5.74, 6) is 1.30. The average Bonchev–Trinajstić information content (AvgIpc) is 3.43. The largest absolute Gasteiger partial charge is 0.394 e. The van der Waals surface area contributed by atoms with Crippen LogP contribution in [0.1, 0.15) is 86.0 Å². The van der Waals surface area contributed by atoms with E-state index >= 15 is 0 Å². The third-order valence-corrected chi connectivity index (χ3v) is 15.5. The van der Waals surface area contributed by atoms with Gasteiger partial charge < -0.3 is 74.0 Å². The van der Waals surface area contributed by atoms with Gasteiger partial charge >= 0.3 is 0 Å². The summed E-state index contributed by atoms with van der Waals surface area (Å²) in [7, 11) is 1.47.